The van der Waals surface area contributed by atoms with Gasteiger partial charge in [0.25, 0.3) is 0 Å². The van der Waals surface area contributed by atoms with Gasteiger partial charge < -0.3 is 4.74 Å². The number of benzene rings is 2. The summed E-state index contributed by atoms with van der Waals surface area (Å²) in [5.41, 5.74) is 1.89. The Balaban J connectivity index is 2.34. The average molecular weight is 270 g/mol. The van der Waals surface area contributed by atoms with Gasteiger partial charge in [-0.3, -0.25) is 0 Å². The zero-order chi connectivity index (χ0) is 13.4. The zero-order valence-electron chi connectivity index (χ0n) is 10.9. The number of fused-ring (bicyclic) bond motifs is 3. The lowest BCUT2D eigenvalue weighted by Crippen LogP contribution is -2.04. The molecule has 0 spiro atoms. The summed E-state index contributed by atoms with van der Waals surface area (Å²) in [4.78, 5) is 12.0. The van der Waals surface area contributed by atoms with Crippen molar-refractivity contribution in [3.05, 3.63) is 47.5 Å². The molecule has 0 amide bonds. The van der Waals surface area contributed by atoms with E-state index < -0.39 is 0 Å². The number of aryl methyl sites for hydroxylation is 1. The van der Waals surface area contributed by atoms with Gasteiger partial charge in [-0.1, -0.05) is 18.2 Å². The second kappa shape index (κ2) is 4.67. The van der Waals surface area contributed by atoms with Crippen LogP contribution in [0.15, 0.2) is 36.4 Å². The van der Waals surface area contributed by atoms with Crippen LogP contribution in [0.5, 0.6) is 0 Å². The molecule has 0 saturated carbocycles. The molecule has 0 saturated heterocycles. The van der Waals surface area contributed by atoms with E-state index in [4.69, 9.17) is 4.74 Å². The molecule has 96 valence electrons. The molecule has 0 fully saturated rings. The molecule has 0 N–H and O–H groups in total. The fraction of sp³-hybridized carbons (Fsp3) is 0.188. The first-order valence-corrected chi connectivity index (χ1v) is 7.11. The summed E-state index contributed by atoms with van der Waals surface area (Å²) < 4.78 is 7.49. The first-order chi connectivity index (χ1) is 9.20. The van der Waals surface area contributed by atoms with Crippen molar-refractivity contribution in [3.63, 3.8) is 0 Å². The highest BCUT2D eigenvalue weighted by Gasteiger charge is 2.15. The van der Waals surface area contributed by atoms with Crippen molar-refractivity contribution in [1.29, 1.82) is 0 Å². The molecule has 3 rings (SSSR count). The average Bonchev–Trinajstić information content (AvgIpc) is 2.75. The molecule has 0 atom stereocenters. The molecule has 0 unspecified atom stereocenters. The van der Waals surface area contributed by atoms with E-state index in [-0.39, 0.29) is 5.97 Å². The summed E-state index contributed by atoms with van der Waals surface area (Å²) in [5, 5.41) is 2.15. The van der Waals surface area contributed by atoms with Crippen LogP contribution in [0.25, 0.3) is 20.2 Å². The number of thiophene rings is 1. The number of carbonyl (C=O) groups excluding carboxylic acids is 1. The molecule has 2 nitrogen and oxygen atoms in total. The van der Waals surface area contributed by atoms with E-state index in [1.54, 1.807) is 11.3 Å². The Morgan fingerprint density at radius 3 is 2.84 bits per heavy atom. The Morgan fingerprint density at radius 1 is 1.21 bits per heavy atom. The van der Waals surface area contributed by atoms with Crippen molar-refractivity contribution in [1.82, 2.24) is 0 Å². The minimum Gasteiger partial charge on any atom is -0.462 e. The summed E-state index contributed by atoms with van der Waals surface area (Å²) >= 11 is 1.72. The molecule has 0 aliphatic carbocycles. The van der Waals surface area contributed by atoms with Gasteiger partial charge in [0.1, 0.15) is 0 Å². The van der Waals surface area contributed by atoms with Crippen molar-refractivity contribution in [2.24, 2.45) is 0 Å². The van der Waals surface area contributed by atoms with Crippen LogP contribution < -0.4 is 0 Å². The maximum absolute atomic E-state index is 12.0. The minimum absolute atomic E-state index is 0.242. The highest BCUT2D eigenvalue weighted by molar-refractivity contribution is 7.25. The monoisotopic (exact) mass is 270 g/mol. The Labute approximate surface area is 115 Å². The van der Waals surface area contributed by atoms with Crippen molar-refractivity contribution >= 4 is 37.5 Å². The van der Waals surface area contributed by atoms with Gasteiger partial charge in [0.15, 0.2) is 0 Å². The maximum atomic E-state index is 12.0. The Hall–Kier alpha value is -1.87. The molecule has 0 radical (unpaired) electrons. The van der Waals surface area contributed by atoms with Crippen molar-refractivity contribution in [3.8, 4) is 0 Å². The first-order valence-electron chi connectivity index (χ1n) is 6.29. The Morgan fingerprint density at radius 2 is 2.05 bits per heavy atom. The number of rotatable bonds is 2. The fourth-order valence-electron chi connectivity index (χ4n) is 2.31. The summed E-state index contributed by atoms with van der Waals surface area (Å²) in [7, 11) is 0. The predicted molar refractivity (Wildman–Crippen MR) is 80.0 cm³/mol. The van der Waals surface area contributed by atoms with E-state index in [1.807, 2.05) is 19.1 Å². The molecule has 19 heavy (non-hydrogen) atoms. The second-order valence-corrected chi connectivity index (χ2v) is 5.58. The van der Waals surface area contributed by atoms with E-state index in [0.29, 0.717) is 12.2 Å². The lowest BCUT2D eigenvalue weighted by Gasteiger charge is -2.03. The van der Waals surface area contributed by atoms with Gasteiger partial charge in [-0.15, -0.1) is 11.3 Å². The normalized spacial score (nSPS) is 11.1. The number of hydrogen-bond donors (Lipinski definition) is 0. The third kappa shape index (κ3) is 2.00. The summed E-state index contributed by atoms with van der Waals surface area (Å²) in [6.07, 6.45) is 0. The molecule has 0 bridgehead atoms. The largest absolute Gasteiger partial charge is 0.462 e. The van der Waals surface area contributed by atoms with Gasteiger partial charge in [-0.25, -0.2) is 4.79 Å². The van der Waals surface area contributed by atoms with Crippen LogP contribution in [0.1, 0.15) is 22.8 Å². The number of hydrogen-bond acceptors (Lipinski definition) is 3. The highest BCUT2D eigenvalue weighted by atomic mass is 32.1. The topological polar surface area (TPSA) is 26.3 Å². The number of carbonyl (C=O) groups is 1. The van der Waals surface area contributed by atoms with E-state index in [0.717, 1.165) is 15.5 Å². The summed E-state index contributed by atoms with van der Waals surface area (Å²) in [5.74, 6) is -0.242. The zero-order valence-corrected chi connectivity index (χ0v) is 11.7. The molecular formula is C16H14O2S. The lowest BCUT2D eigenvalue weighted by atomic mass is 10.1. The van der Waals surface area contributed by atoms with Crippen molar-refractivity contribution < 1.29 is 9.53 Å². The number of esters is 1. The van der Waals surface area contributed by atoms with Crippen LogP contribution in [0.4, 0.5) is 0 Å². The van der Waals surface area contributed by atoms with Crippen molar-refractivity contribution in [2.75, 3.05) is 6.61 Å². The molecule has 3 heteroatoms. The van der Waals surface area contributed by atoms with Crippen LogP contribution in [0.2, 0.25) is 0 Å². The van der Waals surface area contributed by atoms with Gasteiger partial charge in [0.2, 0.25) is 0 Å². The molecule has 1 heterocycles. The molecule has 0 aliphatic heterocycles. The summed E-state index contributed by atoms with van der Waals surface area (Å²) in [6.45, 7) is 4.31. The Kier molecular flexibility index (Phi) is 2.99. The smallest absolute Gasteiger partial charge is 0.338 e. The summed E-state index contributed by atoms with van der Waals surface area (Å²) in [6, 6.07) is 12.1. The Bertz CT molecular complexity index is 771. The van der Waals surface area contributed by atoms with Gasteiger partial charge >= 0.3 is 5.97 Å². The molecule has 0 aliphatic rings. The van der Waals surface area contributed by atoms with E-state index >= 15 is 0 Å². The molecule has 3 aromatic rings. The van der Waals surface area contributed by atoms with Crippen molar-refractivity contribution in [2.45, 2.75) is 13.8 Å². The predicted octanol–water partition coefficient (Wildman–Crippen LogP) is 4.54. The SMILES string of the molecule is CCOC(=O)c1cccc2sc3cc(C)ccc3c12. The molecular weight excluding hydrogens is 256 g/mol. The van der Waals surface area contributed by atoms with E-state index in [9.17, 15) is 4.79 Å². The standard InChI is InChI=1S/C16H14O2S/c1-3-18-16(17)12-5-4-6-13-15(12)11-8-7-10(2)9-14(11)19-13/h4-9H,3H2,1-2H3. The highest BCUT2D eigenvalue weighted by Crippen LogP contribution is 2.36. The molecule has 1 aromatic heterocycles. The fourth-order valence-corrected chi connectivity index (χ4v) is 3.54. The van der Waals surface area contributed by atoms with Crippen LogP contribution >= 0.6 is 11.3 Å². The maximum Gasteiger partial charge on any atom is 0.338 e. The van der Waals surface area contributed by atoms with Gasteiger partial charge in [-0.2, -0.15) is 0 Å². The van der Waals surface area contributed by atoms with Crippen LogP contribution in [-0.2, 0) is 4.74 Å². The van der Waals surface area contributed by atoms with Crippen LogP contribution in [-0.4, -0.2) is 12.6 Å². The van der Waals surface area contributed by atoms with E-state index in [2.05, 4.69) is 31.2 Å². The first kappa shape index (κ1) is 12.2. The third-order valence-corrected chi connectivity index (χ3v) is 4.27. The van der Waals surface area contributed by atoms with Crippen LogP contribution in [0.3, 0.4) is 0 Å². The molecule has 2 aromatic carbocycles. The number of ether oxygens (including phenoxy) is 1. The van der Waals surface area contributed by atoms with E-state index in [1.165, 1.54) is 10.3 Å². The third-order valence-electron chi connectivity index (χ3n) is 3.15. The lowest BCUT2D eigenvalue weighted by molar-refractivity contribution is 0.0529. The quantitative estimate of drug-likeness (QED) is 0.639. The van der Waals surface area contributed by atoms with Crippen LogP contribution in [0, 0.1) is 6.92 Å². The van der Waals surface area contributed by atoms with Gasteiger partial charge in [0, 0.05) is 20.2 Å². The van der Waals surface area contributed by atoms with Gasteiger partial charge in [0.05, 0.1) is 12.2 Å². The van der Waals surface area contributed by atoms with Gasteiger partial charge in [-0.05, 0) is 37.6 Å². The minimum atomic E-state index is -0.242. The second-order valence-electron chi connectivity index (χ2n) is 4.50.